The van der Waals surface area contributed by atoms with Gasteiger partial charge in [-0.05, 0) is 31.2 Å². The molecule has 0 spiro atoms. The Kier molecular flexibility index (Phi) is 7.40. The van der Waals surface area contributed by atoms with Crippen LogP contribution in [0.1, 0.15) is 11.5 Å². The number of hydrogen-bond acceptors (Lipinski definition) is 4. The summed E-state index contributed by atoms with van der Waals surface area (Å²) >= 11 is 5.97. The van der Waals surface area contributed by atoms with Gasteiger partial charge in [0.05, 0.1) is 6.54 Å². The van der Waals surface area contributed by atoms with Crippen molar-refractivity contribution in [2.45, 2.75) is 13.3 Å². The number of nitrogens with two attached hydrogens (primary N) is 1. The van der Waals surface area contributed by atoms with E-state index in [-0.39, 0.29) is 24.0 Å². The second-order valence-electron chi connectivity index (χ2n) is 5.53. The van der Waals surface area contributed by atoms with Gasteiger partial charge in [0.2, 0.25) is 11.7 Å². The minimum Gasteiger partial charge on any atom is -0.370 e. The van der Waals surface area contributed by atoms with Crippen molar-refractivity contribution in [3.8, 4) is 11.4 Å². The first kappa shape index (κ1) is 20.2. The van der Waals surface area contributed by atoms with Crippen LogP contribution in [0.2, 0.25) is 5.02 Å². The fourth-order valence-electron chi connectivity index (χ4n) is 2.20. The third-order valence-corrected chi connectivity index (χ3v) is 3.72. The zero-order chi connectivity index (χ0) is 17.6. The number of aryl methyl sites for hydroxylation is 1. The molecular weight excluding hydrogens is 465 g/mol. The van der Waals surface area contributed by atoms with Crippen LogP contribution in [0.3, 0.4) is 0 Å². The van der Waals surface area contributed by atoms with Crippen molar-refractivity contribution in [2.75, 3.05) is 11.9 Å². The molecule has 3 N–H and O–H groups in total. The largest absolute Gasteiger partial charge is 0.370 e. The van der Waals surface area contributed by atoms with E-state index >= 15 is 0 Å². The summed E-state index contributed by atoms with van der Waals surface area (Å²) in [5, 5.41) is 7.63. The van der Waals surface area contributed by atoms with Crippen molar-refractivity contribution >= 4 is 47.2 Å². The Balaban J connectivity index is 0.00000243. The number of benzene rings is 2. The molecule has 6 nitrogen and oxygen atoms in total. The third kappa shape index (κ3) is 5.70. The molecule has 136 valence electrons. The molecule has 3 rings (SSSR count). The first-order valence-electron chi connectivity index (χ1n) is 7.82. The average molecular weight is 484 g/mol. The van der Waals surface area contributed by atoms with Gasteiger partial charge in [0.15, 0.2) is 5.96 Å². The maximum absolute atomic E-state index is 5.97. The maximum atomic E-state index is 5.97. The van der Waals surface area contributed by atoms with E-state index < -0.39 is 0 Å². The predicted molar refractivity (Wildman–Crippen MR) is 115 cm³/mol. The molecule has 0 unspecified atom stereocenters. The normalized spacial score (nSPS) is 11.1. The first-order valence-corrected chi connectivity index (χ1v) is 8.20. The van der Waals surface area contributed by atoms with E-state index in [0.29, 0.717) is 35.7 Å². The third-order valence-electron chi connectivity index (χ3n) is 3.48. The minimum atomic E-state index is 0. The fourth-order valence-corrected chi connectivity index (χ4v) is 2.39. The van der Waals surface area contributed by atoms with Gasteiger partial charge in [-0.15, -0.1) is 24.0 Å². The second-order valence-corrected chi connectivity index (χ2v) is 5.97. The van der Waals surface area contributed by atoms with Crippen molar-refractivity contribution in [1.82, 2.24) is 10.1 Å². The Morgan fingerprint density at radius 1 is 1.23 bits per heavy atom. The zero-order valence-corrected chi connectivity index (χ0v) is 17.2. The molecule has 3 aromatic rings. The van der Waals surface area contributed by atoms with Gasteiger partial charge in [-0.1, -0.05) is 46.6 Å². The standard InChI is InChI=1S/C18H18ClN5O.HI/c1-12-5-7-15(8-6-12)22-18(20)21-10-9-16-23-17(24-25-16)13-3-2-4-14(19)11-13;/h2-8,11H,9-10H2,1H3,(H3,20,21,22);1H. The molecule has 0 aliphatic carbocycles. The highest BCUT2D eigenvalue weighted by Crippen LogP contribution is 2.20. The summed E-state index contributed by atoms with van der Waals surface area (Å²) in [5.41, 5.74) is 8.77. The van der Waals surface area contributed by atoms with Crippen molar-refractivity contribution in [2.24, 2.45) is 10.7 Å². The Labute approximate surface area is 173 Å². The zero-order valence-electron chi connectivity index (χ0n) is 14.1. The lowest BCUT2D eigenvalue weighted by molar-refractivity contribution is 0.380. The Morgan fingerprint density at radius 3 is 2.73 bits per heavy atom. The summed E-state index contributed by atoms with van der Waals surface area (Å²) in [4.78, 5) is 8.61. The molecular formula is C18H19ClIN5O. The maximum Gasteiger partial charge on any atom is 0.228 e. The van der Waals surface area contributed by atoms with Gasteiger partial charge in [0, 0.05) is 22.7 Å². The van der Waals surface area contributed by atoms with Gasteiger partial charge in [-0.3, -0.25) is 4.99 Å². The van der Waals surface area contributed by atoms with Gasteiger partial charge < -0.3 is 15.6 Å². The highest BCUT2D eigenvalue weighted by Gasteiger charge is 2.08. The summed E-state index contributed by atoms with van der Waals surface area (Å²) in [7, 11) is 0. The lowest BCUT2D eigenvalue weighted by Gasteiger charge is -2.05. The van der Waals surface area contributed by atoms with E-state index in [1.165, 1.54) is 5.56 Å². The Morgan fingerprint density at radius 2 is 2.00 bits per heavy atom. The van der Waals surface area contributed by atoms with Crippen LogP contribution in [-0.4, -0.2) is 22.6 Å². The monoisotopic (exact) mass is 483 g/mol. The van der Waals surface area contributed by atoms with Crippen molar-refractivity contribution in [3.63, 3.8) is 0 Å². The van der Waals surface area contributed by atoms with Gasteiger partial charge in [-0.2, -0.15) is 4.98 Å². The van der Waals surface area contributed by atoms with Crippen molar-refractivity contribution in [1.29, 1.82) is 0 Å². The van der Waals surface area contributed by atoms with Crippen LogP contribution in [0.15, 0.2) is 58.0 Å². The quantitative estimate of drug-likeness (QED) is 0.321. The molecule has 2 aromatic carbocycles. The molecule has 1 aromatic heterocycles. The van der Waals surface area contributed by atoms with E-state index in [9.17, 15) is 0 Å². The SMILES string of the molecule is Cc1ccc(NC(N)=NCCc2nc(-c3cccc(Cl)c3)no2)cc1.I. The number of rotatable bonds is 5. The smallest absolute Gasteiger partial charge is 0.228 e. The number of guanidine groups is 1. The van der Waals surface area contributed by atoms with Gasteiger partial charge >= 0.3 is 0 Å². The van der Waals surface area contributed by atoms with E-state index in [0.717, 1.165) is 11.3 Å². The summed E-state index contributed by atoms with van der Waals surface area (Å²) in [6.45, 7) is 2.48. The summed E-state index contributed by atoms with van der Waals surface area (Å²) in [6.07, 6.45) is 0.504. The molecule has 1 heterocycles. The van der Waals surface area contributed by atoms with Gasteiger partial charge in [-0.25, -0.2) is 0 Å². The van der Waals surface area contributed by atoms with Crippen LogP contribution in [0.5, 0.6) is 0 Å². The highest BCUT2D eigenvalue weighted by molar-refractivity contribution is 14.0. The number of hydrogen-bond donors (Lipinski definition) is 2. The van der Waals surface area contributed by atoms with Crippen molar-refractivity contribution < 1.29 is 4.52 Å². The van der Waals surface area contributed by atoms with Crippen LogP contribution < -0.4 is 11.1 Å². The van der Waals surface area contributed by atoms with Crippen LogP contribution in [0.25, 0.3) is 11.4 Å². The molecule has 0 fully saturated rings. The van der Waals surface area contributed by atoms with E-state index in [1.54, 1.807) is 12.1 Å². The molecule has 0 saturated carbocycles. The molecule has 8 heteroatoms. The number of anilines is 1. The minimum absolute atomic E-state index is 0. The highest BCUT2D eigenvalue weighted by atomic mass is 127. The molecule has 0 radical (unpaired) electrons. The predicted octanol–water partition coefficient (Wildman–Crippen LogP) is 4.29. The van der Waals surface area contributed by atoms with Gasteiger partial charge in [0.25, 0.3) is 0 Å². The molecule has 26 heavy (non-hydrogen) atoms. The first-order chi connectivity index (χ1) is 12.1. The van der Waals surface area contributed by atoms with Crippen molar-refractivity contribution in [3.05, 3.63) is 65.0 Å². The van der Waals surface area contributed by atoms with E-state index in [2.05, 4.69) is 20.4 Å². The van der Waals surface area contributed by atoms with Crippen LogP contribution in [-0.2, 0) is 6.42 Å². The number of nitrogens with one attached hydrogen (secondary N) is 1. The Hall–Kier alpha value is -2.13. The van der Waals surface area contributed by atoms with E-state index in [4.69, 9.17) is 21.9 Å². The molecule has 0 amide bonds. The topological polar surface area (TPSA) is 89.3 Å². The number of halogens is 2. The summed E-state index contributed by atoms with van der Waals surface area (Å²) < 4.78 is 5.24. The summed E-state index contributed by atoms with van der Waals surface area (Å²) in [5.74, 6) is 1.35. The lowest BCUT2D eigenvalue weighted by Crippen LogP contribution is -2.23. The molecule has 0 saturated heterocycles. The second kappa shape index (κ2) is 9.54. The lowest BCUT2D eigenvalue weighted by atomic mass is 10.2. The molecule has 0 aliphatic heterocycles. The molecule has 0 aliphatic rings. The number of aromatic nitrogens is 2. The number of aliphatic imine (C=N–C) groups is 1. The fraction of sp³-hybridized carbons (Fsp3) is 0.167. The number of nitrogens with zero attached hydrogens (tertiary/aromatic N) is 3. The average Bonchev–Trinajstić information content (AvgIpc) is 3.06. The molecule has 0 atom stereocenters. The summed E-state index contributed by atoms with van der Waals surface area (Å²) in [6, 6.07) is 15.2. The van der Waals surface area contributed by atoms with Crippen LogP contribution in [0, 0.1) is 6.92 Å². The molecule has 0 bridgehead atoms. The van der Waals surface area contributed by atoms with Crippen LogP contribution >= 0.6 is 35.6 Å². The van der Waals surface area contributed by atoms with Crippen LogP contribution in [0.4, 0.5) is 5.69 Å². The van der Waals surface area contributed by atoms with Gasteiger partial charge in [0.1, 0.15) is 0 Å². The Bertz CT molecular complexity index is 879. The van der Waals surface area contributed by atoms with E-state index in [1.807, 2.05) is 43.3 Å².